The van der Waals surface area contributed by atoms with Gasteiger partial charge < -0.3 is 0 Å². The predicted octanol–water partition coefficient (Wildman–Crippen LogP) is 4.68. The van der Waals surface area contributed by atoms with E-state index in [0.29, 0.717) is 5.25 Å². The Morgan fingerprint density at radius 2 is 1.44 bits per heavy atom. The van der Waals surface area contributed by atoms with E-state index in [4.69, 9.17) is 0 Å². The number of hydrogen-bond donors (Lipinski definition) is 0. The maximum absolute atomic E-state index is 2.27. The summed E-state index contributed by atoms with van der Waals surface area (Å²) in [5.41, 5.74) is 2.80. The van der Waals surface area contributed by atoms with Crippen LogP contribution in [0.25, 0.3) is 0 Å². The predicted molar refractivity (Wildman–Crippen MR) is 72.6 cm³/mol. The maximum Gasteiger partial charge on any atom is 0.0272 e. The Balaban J connectivity index is 1.92. The quantitative estimate of drug-likeness (QED) is 0.732. The van der Waals surface area contributed by atoms with Crippen molar-refractivity contribution in [1.29, 1.82) is 0 Å². The molecule has 1 heteroatoms. The van der Waals surface area contributed by atoms with Gasteiger partial charge in [0.05, 0.1) is 0 Å². The zero-order valence-corrected chi connectivity index (χ0v) is 10.3. The minimum absolute atomic E-state index is 0.557. The molecule has 82 valence electrons. The molecule has 0 saturated carbocycles. The van der Waals surface area contributed by atoms with Gasteiger partial charge in [-0.05, 0) is 18.1 Å². The molecule has 0 nitrogen and oxygen atoms in total. The van der Waals surface area contributed by atoms with E-state index in [1.807, 2.05) is 11.8 Å². The van der Waals surface area contributed by atoms with E-state index in [2.05, 4.69) is 67.6 Å². The molecule has 1 atom stereocenters. The van der Waals surface area contributed by atoms with Gasteiger partial charge in [0.15, 0.2) is 0 Å². The van der Waals surface area contributed by atoms with Crippen LogP contribution in [0.15, 0.2) is 60.7 Å². The molecule has 2 rings (SSSR count). The molecule has 0 aliphatic rings. The lowest BCUT2D eigenvalue weighted by Crippen LogP contribution is -1.89. The molecule has 0 fully saturated rings. The molecule has 0 aliphatic heterocycles. The summed E-state index contributed by atoms with van der Waals surface area (Å²) in [5, 5.41) is 0.557. The van der Waals surface area contributed by atoms with Crippen molar-refractivity contribution < 1.29 is 0 Å². The number of benzene rings is 2. The molecular formula is C15H16S. The molecule has 16 heavy (non-hydrogen) atoms. The second-order valence-electron chi connectivity index (χ2n) is 3.85. The fourth-order valence-corrected chi connectivity index (χ4v) is 2.60. The fourth-order valence-electron chi connectivity index (χ4n) is 1.62. The van der Waals surface area contributed by atoms with Crippen LogP contribution in [0.2, 0.25) is 0 Å². The molecule has 1 unspecified atom stereocenters. The van der Waals surface area contributed by atoms with Crippen molar-refractivity contribution in [2.45, 2.75) is 17.9 Å². The molecular weight excluding hydrogens is 212 g/mol. The molecule has 0 aromatic heterocycles. The number of thioether (sulfide) groups is 1. The fraction of sp³-hybridized carbons (Fsp3) is 0.200. The van der Waals surface area contributed by atoms with Gasteiger partial charge in [0.1, 0.15) is 0 Å². The molecule has 0 heterocycles. The van der Waals surface area contributed by atoms with Gasteiger partial charge in [-0.3, -0.25) is 0 Å². The van der Waals surface area contributed by atoms with Gasteiger partial charge in [-0.2, -0.15) is 0 Å². The van der Waals surface area contributed by atoms with Crippen molar-refractivity contribution in [1.82, 2.24) is 0 Å². The van der Waals surface area contributed by atoms with Crippen LogP contribution < -0.4 is 0 Å². The molecule has 0 bridgehead atoms. The third-order valence-corrected chi connectivity index (χ3v) is 3.88. The van der Waals surface area contributed by atoms with Crippen LogP contribution in [0.4, 0.5) is 0 Å². The molecule has 0 aliphatic carbocycles. The monoisotopic (exact) mass is 228 g/mol. The molecule has 0 saturated heterocycles. The molecule has 0 amide bonds. The Hall–Kier alpha value is -1.21. The normalized spacial score (nSPS) is 12.3. The first kappa shape index (κ1) is 11.3. The summed E-state index contributed by atoms with van der Waals surface area (Å²) in [6.07, 6.45) is 0. The van der Waals surface area contributed by atoms with Crippen LogP contribution in [-0.4, -0.2) is 0 Å². The maximum atomic E-state index is 2.27. The van der Waals surface area contributed by atoms with E-state index < -0.39 is 0 Å². The lowest BCUT2D eigenvalue weighted by Gasteiger charge is -2.11. The van der Waals surface area contributed by atoms with Crippen molar-refractivity contribution in [3.63, 3.8) is 0 Å². The number of hydrogen-bond acceptors (Lipinski definition) is 1. The SMILES string of the molecule is CC(SCc1ccccc1)c1ccccc1. The van der Waals surface area contributed by atoms with Crippen molar-refractivity contribution >= 4 is 11.8 Å². The van der Waals surface area contributed by atoms with Gasteiger partial charge in [-0.25, -0.2) is 0 Å². The third-order valence-electron chi connectivity index (χ3n) is 2.61. The molecule has 0 spiro atoms. The highest BCUT2D eigenvalue weighted by atomic mass is 32.2. The van der Waals surface area contributed by atoms with Gasteiger partial charge >= 0.3 is 0 Å². The summed E-state index contributed by atoms with van der Waals surface area (Å²) in [5.74, 6) is 1.08. The van der Waals surface area contributed by atoms with Gasteiger partial charge in [0, 0.05) is 11.0 Å². The van der Waals surface area contributed by atoms with Crippen molar-refractivity contribution in [2.75, 3.05) is 0 Å². The lowest BCUT2D eigenvalue weighted by atomic mass is 10.2. The summed E-state index contributed by atoms with van der Waals surface area (Å²) in [6, 6.07) is 21.3. The van der Waals surface area contributed by atoms with Crippen LogP contribution >= 0.6 is 11.8 Å². The highest BCUT2D eigenvalue weighted by Gasteiger charge is 2.04. The van der Waals surface area contributed by atoms with Gasteiger partial charge in [-0.15, -0.1) is 11.8 Å². The standard InChI is InChI=1S/C15H16S/c1-13(15-10-6-3-7-11-15)16-12-14-8-4-2-5-9-14/h2-11,13H,12H2,1H3. The first-order valence-electron chi connectivity index (χ1n) is 5.57. The summed E-state index contributed by atoms with van der Waals surface area (Å²) in [6.45, 7) is 2.27. The molecule has 2 aromatic carbocycles. The van der Waals surface area contributed by atoms with Crippen LogP contribution in [0.5, 0.6) is 0 Å². The summed E-state index contributed by atoms with van der Waals surface area (Å²) in [4.78, 5) is 0. The minimum Gasteiger partial charge on any atom is -0.149 e. The first-order chi connectivity index (χ1) is 7.86. The minimum atomic E-state index is 0.557. The largest absolute Gasteiger partial charge is 0.149 e. The summed E-state index contributed by atoms with van der Waals surface area (Å²) < 4.78 is 0. The second kappa shape index (κ2) is 5.76. The Morgan fingerprint density at radius 1 is 0.875 bits per heavy atom. The lowest BCUT2D eigenvalue weighted by molar-refractivity contribution is 1.09. The molecule has 0 N–H and O–H groups in total. The average Bonchev–Trinajstić information content (AvgIpc) is 2.38. The third kappa shape index (κ3) is 3.14. The van der Waals surface area contributed by atoms with Crippen LogP contribution in [0.3, 0.4) is 0 Å². The Morgan fingerprint density at radius 3 is 2.06 bits per heavy atom. The van der Waals surface area contributed by atoms with Crippen molar-refractivity contribution in [3.8, 4) is 0 Å². The highest BCUT2D eigenvalue weighted by Crippen LogP contribution is 2.30. The van der Waals surface area contributed by atoms with E-state index in [0.717, 1.165) is 5.75 Å². The van der Waals surface area contributed by atoms with E-state index in [9.17, 15) is 0 Å². The summed E-state index contributed by atoms with van der Waals surface area (Å²) >= 11 is 1.98. The summed E-state index contributed by atoms with van der Waals surface area (Å²) in [7, 11) is 0. The second-order valence-corrected chi connectivity index (χ2v) is 5.18. The zero-order valence-electron chi connectivity index (χ0n) is 9.47. The van der Waals surface area contributed by atoms with Crippen LogP contribution in [0.1, 0.15) is 23.3 Å². The Labute approximate surface area is 102 Å². The molecule has 0 radical (unpaired) electrons. The van der Waals surface area contributed by atoms with Crippen molar-refractivity contribution in [3.05, 3.63) is 71.8 Å². The van der Waals surface area contributed by atoms with Gasteiger partial charge in [0.2, 0.25) is 0 Å². The smallest absolute Gasteiger partial charge is 0.0272 e. The van der Waals surface area contributed by atoms with Crippen LogP contribution in [0, 0.1) is 0 Å². The van der Waals surface area contributed by atoms with E-state index in [-0.39, 0.29) is 0 Å². The van der Waals surface area contributed by atoms with Crippen LogP contribution in [-0.2, 0) is 5.75 Å². The Kier molecular flexibility index (Phi) is 4.06. The van der Waals surface area contributed by atoms with E-state index in [1.165, 1.54) is 11.1 Å². The zero-order chi connectivity index (χ0) is 11.2. The Bertz CT molecular complexity index is 408. The highest BCUT2D eigenvalue weighted by molar-refractivity contribution is 7.98. The van der Waals surface area contributed by atoms with Gasteiger partial charge in [0.25, 0.3) is 0 Å². The first-order valence-corrected chi connectivity index (χ1v) is 6.61. The van der Waals surface area contributed by atoms with E-state index >= 15 is 0 Å². The van der Waals surface area contributed by atoms with Crippen molar-refractivity contribution in [2.24, 2.45) is 0 Å². The molecule has 2 aromatic rings. The van der Waals surface area contributed by atoms with Gasteiger partial charge in [-0.1, -0.05) is 60.7 Å². The van der Waals surface area contributed by atoms with E-state index in [1.54, 1.807) is 0 Å². The average molecular weight is 228 g/mol. The topological polar surface area (TPSA) is 0 Å². The number of rotatable bonds is 4.